The third-order valence-electron chi connectivity index (χ3n) is 1.76. The van der Waals surface area contributed by atoms with Crippen molar-refractivity contribution in [2.75, 3.05) is 0 Å². The van der Waals surface area contributed by atoms with Crippen LogP contribution in [0.25, 0.3) is 0 Å². The lowest BCUT2D eigenvalue weighted by atomic mass is 10.4. The first-order valence-corrected chi connectivity index (χ1v) is 5.47. The second-order valence-electron chi connectivity index (χ2n) is 2.66. The van der Waals surface area contributed by atoms with Gasteiger partial charge in [-0.2, -0.15) is 0 Å². The summed E-state index contributed by atoms with van der Waals surface area (Å²) in [6, 6.07) is 8.20. The summed E-state index contributed by atoms with van der Waals surface area (Å²) in [5.41, 5.74) is 5.44. The van der Waals surface area contributed by atoms with E-state index < -0.39 is 15.2 Å². The molecule has 1 rings (SSSR count). The van der Waals surface area contributed by atoms with Gasteiger partial charge in [0.05, 0.1) is 4.90 Å². The van der Waals surface area contributed by atoms with Gasteiger partial charge in [0.15, 0.2) is 9.84 Å². The lowest BCUT2D eigenvalue weighted by Crippen LogP contribution is -2.30. The molecule has 71 valence electrons. The van der Waals surface area contributed by atoms with Crippen LogP contribution in [0.1, 0.15) is 6.92 Å². The number of nitrogens with two attached hydrogens (primary N) is 1. The maximum absolute atomic E-state index is 11.6. The van der Waals surface area contributed by atoms with Crippen molar-refractivity contribution in [1.82, 2.24) is 0 Å². The van der Waals surface area contributed by atoms with Gasteiger partial charge in [-0.1, -0.05) is 25.1 Å². The SMILES string of the molecule is C[CH][C@H](N)S(=O)(=O)c1ccccc1. The molecular formula is C9H12NO2S. The first-order chi connectivity index (χ1) is 6.09. The van der Waals surface area contributed by atoms with Gasteiger partial charge in [0.1, 0.15) is 5.37 Å². The van der Waals surface area contributed by atoms with Gasteiger partial charge < -0.3 is 5.73 Å². The molecule has 0 saturated carbocycles. The van der Waals surface area contributed by atoms with Crippen molar-refractivity contribution in [3.63, 3.8) is 0 Å². The number of hydrogen-bond donors (Lipinski definition) is 1. The van der Waals surface area contributed by atoms with Crippen LogP contribution in [0.5, 0.6) is 0 Å². The zero-order valence-corrected chi connectivity index (χ0v) is 8.16. The zero-order valence-electron chi connectivity index (χ0n) is 7.34. The van der Waals surface area contributed by atoms with E-state index in [0.29, 0.717) is 0 Å². The van der Waals surface area contributed by atoms with E-state index in [1.54, 1.807) is 37.3 Å². The molecule has 1 aromatic carbocycles. The summed E-state index contributed by atoms with van der Waals surface area (Å²) in [5.74, 6) is 0. The maximum Gasteiger partial charge on any atom is 0.194 e. The van der Waals surface area contributed by atoms with Crippen molar-refractivity contribution in [1.29, 1.82) is 0 Å². The minimum absolute atomic E-state index is 0.264. The van der Waals surface area contributed by atoms with Crippen LogP contribution in [0.2, 0.25) is 0 Å². The van der Waals surface area contributed by atoms with Crippen molar-refractivity contribution in [2.24, 2.45) is 5.73 Å². The van der Waals surface area contributed by atoms with E-state index in [1.807, 2.05) is 0 Å². The highest BCUT2D eigenvalue weighted by atomic mass is 32.2. The average molecular weight is 198 g/mol. The predicted molar refractivity (Wildman–Crippen MR) is 51.6 cm³/mol. The monoisotopic (exact) mass is 198 g/mol. The summed E-state index contributed by atoms with van der Waals surface area (Å²) in [7, 11) is -3.37. The Kier molecular flexibility index (Phi) is 3.06. The summed E-state index contributed by atoms with van der Waals surface area (Å²) in [5, 5.41) is -0.921. The van der Waals surface area contributed by atoms with E-state index in [0.717, 1.165) is 0 Å². The molecule has 0 aromatic heterocycles. The van der Waals surface area contributed by atoms with Crippen LogP contribution in [-0.4, -0.2) is 13.8 Å². The molecule has 0 aliphatic carbocycles. The van der Waals surface area contributed by atoms with Crippen molar-refractivity contribution in [3.8, 4) is 0 Å². The normalized spacial score (nSPS) is 14.0. The minimum atomic E-state index is -3.37. The fourth-order valence-corrected chi connectivity index (χ4v) is 2.16. The van der Waals surface area contributed by atoms with Gasteiger partial charge in [-0.05, 0) is 18.6 Å². The first kappa shape index (κ1) is 10.2. The largest absolute Gasteiger partial charge is 0.315 e. The van der Waals surface area contributed by atoms with Crippen molar-refractivity contribution >= 4 is 9.84 Å². The Morgan fingerprint density at radius 1 is 1.31 bits per heavy atom. The lowest BCUT2D eigenvalue weighted by molar-refractivity contribution is 0.587. The molecule has 0 aliphatic rings. The second-order valence-corrected chi connectivity index (χ2v) is 4.76. The number of sulfone groups is 1. The molecule has 0 amide bonds. The molecule has 0 heterocycles. The van der Waals surface area contributed by atoms with Gasteiger partial charge in [0.25, 0.3) is 0 Å². The van der Waals surface area contributed by atoms with E-state index in [-0.39, 0.29) is 4.90 Å². The highest BCUT2D eigenvalue weighted by molar-refractivity contribution is 7.92. The van der Waals surface area contributed by atoms with Crippen LogP contribution in [0, 0.1) is 6.42 Å². The summed E-state index contributed by atoms with van der Waals surface area (Å²) < 4.78 is 23.2. The molecule has 0 spiro atoms. The highest BCUT2D eigenvalue weighted by Gasteiger charge is 2.21. The molecule has 2 N–H and O–H groups in total. The number of hydrogen-bond acceptors (Lipinski definition) is 3. The Balaban J connectivity index is 3.09. The Morgan fingerprint density at radius 3 is 2.31 bits per heavy atom. The molecule has 13 heavy (non-hydrogen) atoms. The summed E-state index contributed by atoms with van der Waals surface area (Å²) in [4.78, 5) is 0.264. The van der Waals surface area contributed by atoms with E-state index in [2.05, 4.69) is 0 Å². The van der Waals surface area contributed by atoms with Crippen LogP contribution in [0.15, 0.2) is 35.2 Å². The first-order valence-electron chi connectivity index (χ1n) is 3.93. The summed E-state index contributed by atoms with van der Waals surface area (Å²) >= 11 is 0. The Hall–Kier alpha value is -0.870. The van der Waals surface area contributed by atoms with E-state index in [4.69, 9.17) is 5.73 Å². The van der Waals surface area contributed by atoms with Crippen LogP contribution in [0.4, 0.5) is 0 Å². The van der Waals surface area contributed by atoms with Crippen molar-refractivity contribution in [3.05, 3.63) is 36.8 Å². The molecule has 0 aliphatic heterocycles. The standard InChI is InChI=1S/C9H12NO2S/c1-2-9(10)13(11,12)8-6-4-3-5-7-8/h2-7,9H,10H2,1H3/t9-/m1/s1. The fourth-order valence-electron chi connectivity index (χ4n) is 0.946. The smallest absolute Gasteiger partial charge is 0.194 e. The Morgan fingerprint density at radius 2 is 1.85 bits per heavy atom. The molecule has 0 fully saturated rings. The Labute approximate surface area is 78.5 Å². The zero-order chi connectivity index (χ0) is 9.90. The lowest BCUT2D eigenvalue weighted by Gasteiger charge is -2.09. The van der Waals surface area contributed by atoms with Crippen molar-refractivity contribution in [2.45, 2.75) is 17.2 Å². The van der Waals surface area contributed by atoms with Gasteiger partial charge in [-0.3, -0.25) is 0 Å². The molecule has 1 atom stereocenters. The predicted octanol–water partition coefficient (Wildman–Crippen LogP) is 0.969. The van der Waals surface area contributed by atoms with Gasteiger partial charge >= 0.3 is 0 Å². The molecule has 1 radical (unpaired) electrons. The molecular weight excluding hydrogens is 186 g/mol. The summed E-state index contributed by atoms with van der Waals surface area (Å²) in [6.45, 7) is 1.63. The van der Waals surface area contributed by atoms with E-state index in [1.165, 1.54) is 6.42 Å². The molecule has 0 bridgehead atoms. The Bertz CT molecular complexity index is 358. The van der Waals surface area contributed by atoms with Crippen molar-refractivity contribution < 1.29 is 8.42 Å². The van der Waals surface area contributed by atoms with Crippen LogP contribution in [-0.2, 0) is 9.84 Å². The van der Waals surface area contributed by atoms with E-state index >= 15 is 0 Å². The molecule has 4 heteroatoms. The maximum atomic E-state index is 11.6. The molecule has 0 saturated heterocycles. The van der Waals surface area contributed by atoms with E-state index in [9.17, 15) is 8.42 Å². The number of rotatable bonds is 3. The average Bonchev–Trinajstić information content (AvgIpc) is 2.18. The van der Waals surface area contributed by atoms with Crippen LogP contribution in [0.3, 0.4) is 0 Å². The number of benzene rings is 1. The van der Waals surface area contributed by atoms with Crippen LogP contribution >= 0.6 is 0 Å². The molecule has 0 unspecified atom stereocenters. The second kappa shape index (κ2) is 3.89. The third kappa shape index (κ3) is 2.08. The van der Waals surface area contributed by atoms with Gasteiger partial charge in [-0.15, -0.1) is 0 Å². The fraction of sp³-hybridized carbons (Fsp3) is 0.222. The minimum Gasteiger partial charge on any atom is -0.315 e. The van der Waals surface area contributed by atoms with Gasteiger partial charge in [0, 0.05) is 0 Å². The quantitative estimate of drug-likeness (QED) is 0.787. The molecule has 1 aromatic rings. The topological polar surface area (TPSA) is 60.2 Å². The van der Waals surface area contributed by atoms with Crippen LogP contribution < -0.4 is 5.73 Å². The van der Waals surface area contributed by atoms with Gasteiger partial charge in [0.2, 0.25) is 0 Å². The highest BCUT2D eigenvalue weighted by Crippen LogP contribution is 2.13. The molecule has 3 nitrogen and oxygen atoms in total. The van der Waals surface area contributed by atoms with Gasteiger partial charge in [-0.25, -0.2) is 8.42 Å². The summed E-state index contributed by atoms with van der Waals surface area (Å²) in [6.07, 6.45) is 1.46. The third-order valence-corrected chi connectivity index (χ3v) is 3.68.